The van der Waals surface area contributed by atoms with Crippen LogP contribution in [0.4, 0.5) is 4.79 Å². The molecule has 1 aliphatic rings. The zero-order valence-corrected chi connectivity index (χ0v) is 11.6. The lowest BCUT2D eigenvalue weighted by Gasteiger charge is -2.28. The van der Waals surface area contributed by atoms with Gasteiger partial charge in [-0.3, -0.25) is 0 Å². The highest BCUT2D eigenvalue weighted by atomic mass is 35.5. The Morgan fingerprint density at radius 3 is 2.06 bits per heavy atom. The van der Waals surface area contributed by atoms with Crippen molar-refractivity contribution >= 4 is 30.8 Å². The van der Waals surface area contributed by atoms with E-state index < -0.39 is 0 Å². The minimum Gasteiger partial charge on any atom is -0.351 e. The number of halogens is 2. The van der Waals surface area contributed by atoms with Gasteiger partial charge in [0.05, 0.1) is 0 Å². The fourth-order valence-corrected chi connectivity index (χ4v) is 2.00. The summed E-state index contributed by atoms with van der Waals surface area (Å²) >= 11 is 0. The van der Waals surface area contributed by atoms with Crippen LogP contribution < -0.4 is 5.73 Å². The molecule has 0 aliphatic heterocycles. The van der Waals surface area contributed by atoms with Crippen LogP contribution in [0.1, 0.15) is 25.7 Å². The van der Waals surface area contributed by atoms with Gasteiger partial charge in [0.1, 0.15) is 0 Å². The number of amides is 2. The van der Waals surface area contributed by atoms with Crippen LogP contribution in [-0.2, 0) is 0 Å². The molecule has 1 saturated carbocycles. The molecule has 0 spiro atoms. The first-order chi connectivity index (χ1) is 6.61. The maximum absolute atomic E-state index is 11.2. The molecule has 4 nitrogen and oxygen atoms in total. The molecule has 0 unspecified atom stereocenters. The minimum absolute atomic E-state index is 0. The van der Waals surface area contributed by atoms with Crippen molar-refractivity contribution in [3.63, 3.8) is 0 Å². The summed E-state index contributed by atoms with van der Waals surface area (Å²) < 4.78 is 0. The molecule has 0 saturated heterocycles. The number of rotatable bonds is 4. The van der Waals surface area contributed by atoms with Crippen molar-refractivity contribution in [2.45, 2.75) is 31.7 Å². The van der Waals surface area contributed by atoms with Gasteiger partial charge in [-0.15, -0.1) is 24.8 Å². The quantitative estimate of drug-likeness (QED) is 0.847. The van der Waals surface area contributed by atoms with Crippen LogP contribution in [-0.4, -0.2) is 49.1 Å². The third kappa shape index (κ3) is 5.77. The Hall–Kier alpha value is -0.190. The molecule has 0 atom stereocenters. The standard InChI is InChI=1S/C10H21N3O.2ClH/c1-12(2)7-8-13(10(11)14)9-5-3-4-6-9;;/h9H,3-8H2,1-2H3,(H2,11,14);2*1H. The monoisotopic (exact) mass is 271 g/mol. The summed E-state index contributed by atoms with van der Waals surface area (Å²) in [6, 6.07) is 0.131. The number of carbonyl (C=O) groups is 1. The van der Waals surface area contributed by atoms with E-state index in [1.165, 1.54) is 12.8 Å². The van der Waals surface area contributed by atoms with E-state index in [0.29, 0.717) is 6.04 Å². The molecule has 16 heavy (non-hydrogen) atoms. The molecule has 0 aromatic carbocycles. The molecule has 1 rings (SSSR count). The molecule has 6 heteroatoms. The SMILES string of the molecule is CN(C)CCN(C(N)=O)C1CCCC1.Cl.Cl. The maximum atomic E-state index is 11.2. The number of likely N-dealkylation sites (N-methyl/N-ethyl adjacent to an activating group) is 1. The van der Waals surface area contributed by atoms with Crippen LogP contribution in [0, 0.1) is 0 Å². The Balaban J connectivity index is 0. The Bertz CT molecular complexity index is 197. The fourth-order valence-electron chi connectivity index (χ4n) is 2.00. The predicted octanol–water partition coefficient (Wildman–Crippen LogP) is 1.71. The van der Waals surface area contributed by atoms with E-state index in [4.69, 9.17) is 5.73 Å². The Morgan fingerprint density at radius 1 is 1.19 bits per heavy atom. The highest BCUT2D eigenvalue weighted by molar-refractivity contribution is 5.85. The van der Waals surface area contributed by atoms with Crippen molar-refractivity contribution in [3.05, 3.63) is 0 Å². The Labute approximate surface area is 110 Å². The lowest BCUT2D eigenvalue weighted by atomic mass is 10.2. The highest BCUT2D eigenvalue weighted by Gasteiger charge is 2.24. The number of hydrogen-bond donors (Lipinski definition) is 1. The summed E-state index contributed by atoms with van der Waals surface area (Å²) in [5.41, 5.74) is 5.37. The zero-order chi connectivity index (χ0) is 10.6. The number of nitrogens with zero attached hydrogens (tertiary/aromatic N) is 2. The van der Waals surface area contributed by atoms with Gasteiger partial charge in [-0.05, 0) is 26.9 Å². The third-order valence-electron chi connectivity index (χ3n) is 2.84. The molecule has 0 radical (unpaired) electrons. The van der Waals surface area contributed by atoms with Gasteiger partial charge < -0.3 is 15.5 Å². The summed E-state index contributed by atoms with van der Waals surface area (Å²) in [7, 11) is 4.02. The van der Waals surface area contributed by atoms with Gasteiger partial charge in [0, 0.05) is 19.1 Å². The molecule has 98 valence electrons. The van der Waals surface area contributed by atoms with Gasteiger partial charge in [0.2, 0.25) is 0 Å². The smallest absolute Gasteiger partial charge is 0.315 e. The second-order valence-corrected chi connectivity index (χ2v) is 4.27. The largest absolute Gasteiger partial charge is 0.351 e. The van der Waals surface area contributed by atoms with Crippen molar-refractivity contribution in [2.24, 2.45) is 5.73 Å². The molecule has 0 aromatic rings. The van der Waals surface area contributed by atoms with Gasteiger partial charge in [-0.1, -0.05) is 12.8 Å². The molecule has 0 aromatic heterocycles. The summed E-state index contributed by atoms with van der Waals surface area (Å²) in [5, 5.41) is 0. The van der Waals surface area contributed by atoms with E-state index in [2.05, 4.69) is 4.90 Å². The van der Waals surface area contributed by atoms with Crippen LogP contribution in [0.3, 0.4) is 0 Å². The van der Waals surface area contributed by atoms with Crippen LogP contribution in [0.2, 0.25) is 0 Å². The Kier molecular flexibility index (Phi) is 10.1. The third-order valence-corrected chi connectivity index (χ3v) is 2.84. The topological polar surface area (TPSA) is 49.6 Å². The first-order valence-electron chi connectivity index (χ1n) is 5.32. The average molecular weight is 272 g/mol. The van der Waals surface area contributed by atoms with Crippen molar-refractivity contribution in [1.29, 1.82) is 0 Å². The lowest BCUT2D eigenvalue weighted by Crippen LogP contribution is -2.45. The van der Waals surface area contributed by atoms with E-state index in [9.17, 15) is 4.79 Å². The molecular weight excluding hydrogens is 249 g/mol. The first kappa shape index (κ1) is 18.2. The summed E-state index contributed by atoms with van der Waals surface area (Å²) in [4.78, 5) is 15.1. The van der Waals surface area contributed by atoms with Gasteiger partial charge >= 0.3 is 6.03 Å². The van der Waals surface area contributed by atoms with Crippen molar-refractivity contribution in [1.82, 2.24) is 9.80 Å². The molecule has 0 bridgehead atoms. The molecule has 1 fully saturated rings. The Morgan fingerprint density at radius 2 is 1.69 bits per heavy atom. The van der Waals surface area contributed by atoms with Crippen molar-refractivity contribution in [2.75, 3.05) is 27.2 Å². The first-order valence-corrected chi connectivity index (χ1v) is 5.32. The second-order valence-electron chi connectivity index (χ2n) is 4.27. The average Bonchev–Trinajstić information content (AvgIpc) is 2.56. The summed E-state index contributed by atoms with van der Waals surface area (Å²) in [5.74, 6) is 0. The number of carbonyl (C=O) groups excluding carboxylic acids is 1. The van der Waals surface area contributed by atoms with E-state index in [1.807, 2.05) is 19.0 Å². The molecule has 2 N–H and O–H groups in total. The van der Waals surface area contributed by atoms with E-state index in [-0.39, 0.29) is 30.8 Å². The van der Waals surface area contributed by atoms with E-state index in [0.717, 1.165) is 25.9 Å². The van der Waals surface area contributed by atoms with Crippen molar-refractivity contribution < 1.29 is 4.79 Å². The van der Waals surface area contributed by atoms with E-state index >= 15 is 0 Å². The molecule has 2 amide bonds. The van der Waals surface area contributed by atoms with Crippen LogP contribution in [0.25, 0.3) is 0 Å². The number of urea groups is 1. The summed E-state index contributed by atoms with van der Waals surface area (Å²) in [6.07, 6.45) is 4.71. The number of primary amides is 1. The lowest BCUT2D eigenvalue weighted by molar-refractivity contribution is 0.176. The van der Waals surface area contributed by atoms with Crippen LogP contribution in [0.5, 0.6) is 0 Å². The second kappa shape index (κ2) is 8.90. The van der Waals surface area contributed by atoms with Crippen LogP contribution in [0.15, 0.2) is 0 Å². The number of nitrogens with two attached hydrogens (primary N) is 1. The van der Waals surface area contributed by atoms with E-state index in [1.54, 1.807) is 0 Å². The van der Waals surface area contributed by atoms with Gasteiger partial charge in [-0.25, -0.2) is 4.79 Å². The molecule has 1 aliphatic carbocycles. The maximum Gasteiger partial charge on any atom is 0.315 e. The zero-order valence-electron chi connectivity index (χ0n) is 10.0. The van der Waals surface area contributed by atoms with Gasteiger partial charge in [0.25, 0.3) is 0 Å². The predicted molar refractivity (Wildman–Crippen MR) is 71.6 cm³/mol. The minimum atomic E-state index is -0.265. The van der Waals surface area contributed by atoms with Gasteiger partial charge in [-0.2, -0.15) is 0 Å². The molecular formula is C10H23Cl2N3O. The highest BCUT2D eigenvalue weighted by Crippen LogP contribution is 2.22. The number of hydrogen-bond acceptors (Lipinski definition) is 2. The van der Waals surface area contributed by atoms with Crippen molar-refractivity contribution in [3.8, 4) is 0 Å². The molecule has 0 heterocycles. The normalized spacial score (nSPS) is 15.4. The van der Waals surface area contributed by atoms with Crippen LogP contribution >= 0.6 is 24.8 Å². The summed E-state index contributed by atoms with van der Waals surface area (Å²) in [6.45, 7) is 1.65. The van der Waals surface area contributed by atoms with Gasteiger partial charge in [0.15, 0.2) is 0 Å². The fraction of sp³-hybridized carbons (Fsp3) is 0.900.